The van der Waals surface area contributed by atoms with Crippen LogP contribution in [0.3, 0.4) is 0 Å². The second-order valence-corrected chi connectivity index (χ2v) is 5.62. The van der Waals surface area contributed by atoms with E-state index < -0.39 is 0 Å². The van der Waals surface area contributed by atoms with Gasteiger partial charge in [0, 0.05) is 22.5 Å². The second kappa shape index (κ2) is 8.25. The highest BCUT2D eigenvalue weighted by atomic mass is 35.5. The minimum absolute atomic E-state index is 0.138. The molecule has 0 heterocycles. The van der Waals surface area contributed by atoms with E-state index in [9.17, 15) is 4.79 Å². The molecule has 0 spiro atoms. The van der Waals surface area contributed by atoms with E-state index in [1.807, 2.05) is 31.2 Å². The molecule has 0 unspecified atom stereocenters. The van der Waals surface area contributed by atoms with Gasteiger partial charge in [-0.3, -0.25) is 4.79 Å². The number of benzene rings is 2. The summed E-state index contributed by atoms with van der Waals surface area (Å²) < 4.78 is 5.57. The zero-order chi connectivity index (χ0) is 16.7. The van der Waals surface area contributed by atoms with Crippen molar-refractivity contribution in [1.82, 2.24) is 0 Å². The molecule has 120 valence electrons. The number of amides is 1. The maximum absolute atomic E-state index is 11.9. The smallest absolute Gasteiger partial charge is 0.243 e. The molecule has 1 amide bonds. The van der Waals surface area contributed by atoms with Gasteiger partial charge in [0.1, 0.15) is 12.4 Å². The van der Waals surface area contributed by atoms with Crippen LogP contribution in [0.25, 0.3) is 0 Å². The first kappa shape index (κ1) is 16.9. The predicted octanol–water partition coefficient (Wildman–Crippen LogP) is 4.35. The molecule has 0 aliphatic heterocycles. The van der Waals surface area contributed by atoms with Crippen molar-refractivity contribution in [3.8, 4) is 5.75 Å². The van der Waals surface area contributed by atoms with Gasteiger partial charge in [0.25, 0.3) is 0 Å². The van der Waals surface area contributed by atoms with Gasteiger partial charge in [-0.05, 0) is 48.9 Å². The fourth-order valence-corrected chi connectivity index (χ4v) is 1.95. The number of ether oxygens (including phenoxy) is 1. The van der Waals surface area contributed by atoms with Crippen molar-refractivity contribution in [2.45, 2.75) is 6.92 Å². The van der Waals surface area contributed by atoms with Crippen LogP contribution in [0.1, 0.15) is 6.92 Å². The topological polar surface area (TPSA) is 50.4 Å². The molecule has 0 aliphatic carbocycles. The first-order valence-electron chi connectivity index (χ1n) is 7.19. The maximum Gasteiger partial charge on any atom is 0.243 e. The van der Waals surface area contributed by atoms with E-state index >= 15 is 0 Å². The summed E-state index contributed by atoms with van der Waals surface area (Å²) in [5, 5.41) is 6.49. The van der Waals surface area contributed by atoms with Gasteiger partial charge in [-0.15, -0.1) is 0 Å². The van der Waals surface area contributed by atoms with Gasteiger partial charge in [0.15, 0.2) is 0 Å². The lowest BCUT2D eigenvalue weighted by atomic mass is 10.3. The van der Waals surface area contributed by atoms with Crippen molar-refractivity contribution in [2.24, 2.45) is 0 Å². The number of hydrogen-bond donors (Lipinski definition) is 2. The van der Waals surface area contributed by atoms with Crippen molar-refractivity contribution >= 4 is 28.9 Å². The summed E-state index contributed by atoms with van der Waals surface area (Å²) in [7, 11) is 0. The highest BCUT2D eigenvalue weighted by Crippen LogP contribution is 2.18. The van der Waals surface area contributed by atoms with Crippen molar-refractivity contribution in [1.29, 1.82) is 0 Å². The third-order valence-electron chi connectivity index (χ3n) is 2.90. The molecule has 0 fully saturated rings. The van der Waals surface area contributed by atoms with Crippen LogP contribution in [0.2, 0.25) is 5.02 Å². The lowest BCUT2D eigenvalue weighted by Gasteiger charge is -2.10. The standard InChI is InChI=1S/C18H19ClN2O2/c1-13(2)12-23-17-5-3-4-16(10-17)20-11-18(22)21-15-8-6-14(19)7-9-15/h3-10,20H,1,11-12H2,2H3,(H,21,22). The second-order valence-electron chi connectivity index (χ2n) is 5.18. The van der Waals surface area contributed by atoms with Crippen molar-refractivity contribution in [3.05, 3.63) is 65.7 Å². The molecule has 0 radical (unpaired) electrons. The van der Waals surface area contributed by atoms with Crippen LogP contribution in [0.15, 0.2) is 60.7 Å². The molecule has 0 saturated heterocycles. The third kappa shape index (κ3) is 6.04. The number of anilines is 2. The van der Waals surface area contributed by atoms with Crippen LogP contribution >= 0.6 is 11.6 Å². The van der Waals surface area contributed by atoms with Gasteiger partial charge in [-0.2, -0.15) is 0 Å². The largest absolute Gasteiger partial charge is 0.489 e. The summed E-state index contributed by atoms with van der Waals surface area (Å²) in [6.07, 6.45) is 0. The third-order valence-corrected chi connectivity index (χ3v) is 3.15. The minimum Gasteiger partial charge on any atom is -0.489 e. The van der Waals surface area contributed by atoms with Crippen LogP contribution in [0, 0.1) is 0 Å². The van der Waals surface area contributed by atoms with Gasteiger partial charge in [-0.1, -0.05) is 24.2 Å². The fraction of sp³-hybridized carbons (Fsp3) is 0.167. The summed E-state index contributed by atoms with van der Waals surface area (Å²) in [6.45, 7) is 6.33. The van der Waals surface area contributed by atoms with E-state index in [0.717, 1.165) is 17.0 Å². The maximum atomic E-state index is 11.9. The molecular formula is C18H19ClN2O2. The molecule has 4 nitrogen and oxygen atoms in total. The van der Waals surface area contributed by atoms with Crippen molar-refractivity contribution < 1.29 is 9.53 Å². The van der Waals surface area contributed by atoms with Gasteiger partial charge in [0.05, 0.1) is 6.54 Å². The number of rotatable bonds is 7. The first-order chi connectivity index (χ1) is 11.0. The van der Waals surface area contributed by atoms with E-state index in [2.05, 4.69) is 17.2 Å². The highest BCUT2D eigenvalue weighted by Gasteiger charge is 2.03. The average molecular weight is 331 g/mol. The molecule has 0 aliphatic rings. The SMILES string of the molecule is C=C(C)COc1cccc(NCC(=O)Nc2ccc(Cl)cc2)c1. The highest BCUT2D eigenvalue weighted by molar-refractivity contribution is 6.30. The van der Waals surface area contributed by atoms with Crippen LogP contribution < -0.4 is 15.4 Å². The molecule has 0 atom stereocenters. The summed E-state index contributed by atoms with van der Waals surface area (Å²) in [5.74, 6) is 0.594. The van der Waals surface area contributed by atoms with E-state index in [-0.39, 0.29) is 12.5 Å². The zero-order valence-electron chi connectivity index (χ0n) is 12.9. The molecule has 0 saturated carbocycles. The Kier molecular flexibility index (Phi) is 6.06. The lowest BCUT2D eigenvalue weighted by molar-refractivity contribution is -0.114. The lowest BCUT2D eigenvalue weighted by Crippen LogP contribution is -2.21. The molecule has 2 rings (SSSR count). The summed E-state index contributed by atoms with van der Waals surface area (Å²) in [4.78, 5) is 11.9. The minimum atomic E-state index is -0.138. The number of carbonyl (C=O) groups is 1. The Morgan fingerprint density at radius 1 is 1.17 bits per heavy atom. The Morgan fingerprint density at radius 2 is 1.91 bits per heavy atom. The van der Waals surface area contributed by atoms with Crippen molar-refractivity contribution in [2.75, 3.05) is 23.8 Å². The van der Waals surface area contributed by atoms with Gasteiger partial charge in [0.2, 0.25) is 5.91 Å². The molecule has 5 heteroatoms. The molecule has 0 bridgehead atoms. The Hall–Kier alpha value is -2.46. The molecular weight excluding hydrogens is 312 g/mol. The Labute approximate surface area is 141 Å². The van der Waals surface area contributed by atoms with Crippen LogP contribution in [0.5, 0.6) is 5.75 Å². The van der Waals surface area contributed by atoms with Crippen LogP contribution in [0.4, 0.5) is 11.4 Å². The molecule has 2 aromatic rings. The molecule has 2 aromatic carbocycles. The number of halogens is 1. The van der Waals surface area contributed by atoms with Crippen LogP contribution in [-0.4, -0.2) is 19.1 Å². The normalized spacial score (nSPS) is 10.0. The first-order valence-corrected chi connectivity index (χ1v) is 7.57. The predicted molar refractivity (Wildman–Crippen MR) is 95.3 cm³/mol. The van der Waals surface area contributed by atoms with Gasteiger partial charge in [-0.25, -0.2) is 0 Å². The van der Waals surface area contributed by atoms with Gasteiger partial charge >= 0.3 is 0 Å². The van der Waals surface area contributed by atoms with E-state index in [1.54, 1.807) is 24.3 Å². The van der Waals surface area contributed by atoms with Crippen LogP contribution in [-0.2, 0) is 4.79 Å². The van der Waals surface area contributed by atoms with Gasteiger partial charge < -0.3 is 15.4 Å². The Bertz CT molecular complexity index is 684. The monoisotopic (exact) mass is 330 g/mol. The zero-order valence-corrected chi connectivity index (χ0v) is 13.7. The fourth-order valence-electron chi connectivity index (χ4n) is 1.82. The van der Waals surface area contributed by atoms with Crippen molar-refractivity contribution in [3.63, 3.8) is 0 Å². The number of hydrogen-bond acceptors (Lipinski definition) is 3. The van der Waals surface area contributed by atoms with E-state index in [0.29, 0.717) is 17.3 Å². The number of nitrogens with one attached hydrogen (secondary N) is 2. The van der Waals surface area contributed by atoms with E-state index in [4.69, 9.17) is 16.3 Å². The Morgan fingerprint density at radius 3 is 2.61 bits per heavy atom. The summed E-state index contributed by atoms with van der Waals surface area (Å²) in [5.41, 5.74) is 2.47. The van der Waals surface area contributed by atoms with E-state index in [1.165, 1.54) is 0 Å². The molecule has 2 N–H and O–H groups in total. The molecule has 0 aromatic heterocycles. The summed E-state index contributed by atoms with van der Waals surface area (Å²) >= 11 is 5.81. The quantitative estimate of drug-likeness (QED) is 0.742. The molecule has 23 heavy (non-hydrogen) atoms. The Balaban J connectivity index is 1.85. The summed E-state index contributed by atoms with van der Waals surface area (Å²) in [6, 6.07) is 14.4. The average Bonchev–Trinajstić information content (AvgIpc) is 2.54. The number of carbonyl (C=O) groups excluding carboxylic acids is 1.